The lowest BCUT2D eigenvalue weighted by Crippen LogP contribution is -2.37. The Morgan fingerprint density at radius 1 is 1.43 bits per heavy atom. The van der Waals surface area contributed by atoms with Crippen molar-refractivity contribution in [2.45, 2.75) is 39.7 Å². The number of alkyl carbamates (subject to hydrolysis) is 1. The number of carbonyl (C=O) groups excluding carboxylic acids is 2. The summed E-state index contributed by atoms with van der Waals surface area (Å²) in [7, 11) is 0. The molecule has 1 unspecified atom stereocenters. The van der Waals surface area contributed by atoms with E-state index in [1.807, 2.05) is 26.1 Å². The van der Waals surface area contributed by atoms with Gasteiger partial charge in [-0.3, -0.25) is 0 Å². The maximum atomic E-state index is 11.0. The number of urea groups is 1. The fourth-order valence-corrected chi connectivity index (χ4v) is 1.11. The van der Waals surface area contributed by atoms with Crippen LogP contribution in [0.2, 0.25) is 0 Å². The van der Waals surface area contributed by atoms with E-state index in [1.165, 1.54) is 0 Å². The third-order valence-electron chi connectivity index (χ3n) is 1.69. The Kier molecular flexibility index (Phi) is 5.67. The molecule has 0 radical (unpaired) electrons. The average molecular weight is 202 g/mol. The molecule has 0 spiro atoms. The first-order valence-corrected chi connectivity index (χ1v) is 4.72. The van der Waals surface area contributed by atoms with Crippen molar-refractivity contribution in [1.29, 1.82) is 0 Å². The minimum Gasteiger partial charge on any atom is -0.446 e. The van der Waals surface area contributed by atoms with Crippen LogP contribution in [0.15, 0.2) is 0 Å². The highest BCUT2D eigenvalue weighted by Gasteiger charge is 2.14. The smallest absolute Gasteiger partial charge is 0.415 e. The number of primary amides is 1. The zero-order chi connectivity index (χ0) is 11.1. The number of rotatable bonds is 4. The number of amides is 3. The first-order chi connectivity index (χ1) is 6.45. The monoisotopic (exact) mass is 202 g/mol. The van der Waals surface area contributed by atoms with Crippen molar-refractivity contribution < 1.29 is 14.3 Å². The molecule has 14 heavy (non-hydrogen) atoms. The van der Waals surface area contributed by atoms with Gasteiger partial charge in [0.15, 0.2) is 0 Å². The molecule has 3 N–H and O–H groups in total. The van der Waals surface area contributed by atoms with Crippen molar-refractivity contribution in [2.75, 3.05) is 0 Å². The molecule has 82 valence electrons. The fourth-order valence-electron chi connectivity index (χ4n) is 1.11. The second kappa shape index (κ2) is 6.23. The lowest BCUT2D eigenvalue weighted by molar-refractivity contribution is 0.0852. The van der Waals surface area contributed by atoms with Crippen LogP contribution in [0.3, 0.4) is 0 Å². The summed E-state index contributed by atoms with van der Waals surface area (Å²) in [6.45, 7) is 6.00. The third kappa shape index (κ3) is 6.28. The lowest BCUT2D eigenvalue weighted by Gasteiger charge is -2.17. The molecule has 3 amide bonds. The largest absolute Gasteiger partial charge is 0.446 e. The predicted octanol–water partition coefficient (Wildman–Crippen LogP) is 1.62. The summed E-state index contributed by atoms with van der Waals surface area (Å²) >= 11 is 0. The molecular formula is C9H18N2O3. The fraction of sp³-hybridized carbons (Fsp3) is 0.778. The Labute approximate surface area is 84.0 Å². The van der Waals surface area contributed by atoms with Gasteiger partial charge in [-0.1, -0.05) is 20.8 Å². The normalized spacial score (nSPS) is 12.3. The molecule has 0 fully saturated rings. The van der Waals surface area contributed by atoms with Crippen LogP contribution in [0.4, 0.5) is 9.59 Å². The van der Waals surface area contributed by atoms with Crippen LogP contribution in [0, 0.1) is 5.92 Å². The summed E-state index contributed by atoms with van der Waals surface area (Å²) in [5.74, 6) is 0.446. The second-order valence-electron chi connectivity index (χ2n) is 3.55. The Balaban J connectivity index is 3.92. The predicted molar refractivity (Wildman–Crippen MR) is 52.7 cm³/mol. The van der Waals surface area contributed by atoms with Crippen molar-refractivity contribution in [1.82, 2.24) is 5.32 Å². The number of carbonyl (C=O) groups is 2. The number of ether oxygens (including phenoxy) is 1. The molecular weight excluding hydrogens is 184 g/mol. The minimum absolute atomic E-state index is 0.158. The zero-order valence-electron chi connectivity index (χ0n) is 8.87. The Hall–Kier alpha value is -1.26. The zero-order valence-corrected chi connectivity index (χ0v) is 8.87. The second-order valence-corrected chi connectivity index (χ2v) is 3.55. The number of hydrogen-bond acceptors (Lipinski definition) is 3. The van der Waals surface area contributed by atoms with Crippen molar-refractivity contribution in [3.8, 4) is 0 Å². The molecule has 0 aliphatic rings. The van der Waals surface area contributed by atoms with Gasteiger partial charge in [0.05, 0.1) is 0 Å². The molecule has 0 aliphatic heterocycles. The molecule has 5 nitrogen and oxygen atoms in total. The summed E-state index contributed by atoms with van der Waals surface area (Å²) in [5.41, 5.74) is 4.76. The van der Waals surface area contributed by atoms with Gasteiger partial charge in [-0.15, -0.1) is 0 Å². The topological polar surface area (TPSA) is 81.4 Å². The third-order valence-corrected chi connectivity index (χ3v) is 1.69. The summed E-state index contributed by atoms with van der Waals surface area (Å²) < 4.78 is 4.97. The van der Waals surface area contributed by atoms with Crippen molar-refractivity contribution in [2.24, 2.45) is 11.7 Å². The van der Waals surface area contributed by atoms with Crippen LogP contribution in [0.25, 0.3) is 0 Å². The number of nitrogens with one attached hydrogen (secondary N) is 1. The van der Waals surface area contributed by atoms with Gasteiger partial charge in [0.25, 0.3) is 0 Å². The quantitative estimate of drug-likeness (QED) is 0.726. The first kappa shape index (κ1) is 12.7. The van der Waals surface area contributed by atoms with Gasteiger partial charge < -0.3 is 10.5 Å². The highest BCUT2D eigenvalue weighted by atomic mass is 16.6. The van der Waals surface area contributed by atoms with Crippen LogP contribution in [0.5, 0.6) is 0 Å². The standard InChI is InChI=1S/C9H18N2O3/c1-4-7(5-6(2)3)14-9(13)11-8(10)12/h6-7H,4-5H2,1-3H3,(H3,10,11,12,13). The highest BCUT2D eigenvalue weighted by molar-refractivity contribution is 5.89. The van der Waals surface area contributed by atoms with Gasteiger partial charge >= 0.3 is 12.1 Å². The molecule has 0 saturated carbocycles. The summed E-state index contributed by atoms with van der Waals surface area (Å²) in [6.07, 6.45) is 0.576. The van der Waals surface area contributed by atoms with Crippen LogP contribution in [-0.4, -0.2) is 18.2 Å². The van der Waals surface area contributed by atoms with Gasteiger partial charge in [0, 0.05) is 0 Å². The van der Waals surface area contributed by atoms with Gasteiger partial charge in [0.1, 0.15) is 6.10 Å². The number of hydrogen-bond donors (Lipinski definition) is 2. The molecule has 0 aromatic heterocycles. The van der Waals surface area contributed by atoms with E-state index < -0.39 is 12.1 Å². The summed E-state index contributed by atoms with van der Waals surface area (Å²) in [4.78, 5) is 21.3. The SMILES string of the molecule is CCC(CC(C)C)OC(=O)NC(N)=O. The van der Waals surface area contributed by atoms with Crippen LogP contribution < -0.4 is 11.1 Å². The molecule has 5 heteroatoms. The van der Waals surface area contributed by atoms with Crippen molar-refractivity contribution in [3.05, 3.63) is 0 Å². The van der Waals surface area contributed by atoms with Crippen molar-refractivity contribution in [3.63, 3.8) is 0 Å². The Morgan fingerprint density at radius 3 is 2.36 bits per heavy atom. The van der Waals surface area contributed by atoms with Crippen LogP contribution in [-0.2, 0) is 4.74 Å². The minimum atomic E-state index is -0.894. The van der Waals surface area contributed by atoms with Crippen LogP contribution in [0.1, 0.15) is 33.6 Å². The number of nitrogens with two attached hydrogens (primary N) is 1. The maximum absolute atomic E-state index is 11.0. The molecule has 0 aromatic carbocycles. The van der Waals surface area contributed by atoms with E-state index in [0.29, 0.717) is 5.92 Å². The van der Waals surface area contributed by atoms with E-state index in [0.717, 1.165) is 12.8 Å². The maximum Gasteiger partial charge on any atom is 0.415 e. The molecule has 0 aliphatic carbocycles. The van der Waals surface area contributed by atoms with Crippen molar-refractivity contribution >= 4 is 12.1 Å². The molecule has 0 rings (SSSR count). The molecule has 0 heterocycles. The molecule has 1 atom stereocenters. The molecule has 0 aromatic rings. The summed E-state index contributed by atoms with van der Waals surface area (Å²) in [6, 6.07) is -0.894. The average Bonchev–Trinajstić information content (AvgIpc) is 2.00. The lowest BCUT2D eigenvalue weighted by atomic mass is 10.0. The van der Waals surface area contributed by atoms with Gasteiger partial charge in [0.2, 0.25) is 0 Å². The van der Waals surface area contributed by atoms with E-state index in [-0.39, 0.29) is 6.10 Å². The molecule has 0 bridgehead atoms. The number of imide groups is 1. The van der Waals surface area contributed by atoms with E-state index in [4.69, 9.17) is 10.5 Å². The van der Waals surface area contributed by atoms with Gasteiger partial charge in [-0.2, -0.15) is 0 Å². The van der Waals surface area contributed by atoms with E-state index in [9.17, 15) is 9.59 Å². The highest BCUT2D eigenvalue weighted by Crippen LogP contribution is 2.11. The van der Waals surface area contributed by atoms with E-state index in [2.05, 4.69) is 0 Å². The first-order valence-electron chi connectivity index (χ1n) is 4.72. The Bertz CT molecular complexity index is 204. The van der Waals surface area contributed by atoms with Gasteiger partial charge in [-0.25, -0.2) is 14.9 Å². The summed E-state index contributed by atoms with van der Waals surface area (Å²) in [5, 5.41) is 1.86. The van der Waals surface area contributed by atoms with E-state index in [1.54, 1.807) is 0 Å². The van der Waals surface area contributed by atoms with Crippen LogP contribution >= 0.6 is 0 Å². The van der Waals surface area contributed by atoms with Gasteiger partial charge in [-0.05, 0) is 18.8 Å². The van der Waals surface area contributed by atoms with E-state index >= 15 is 0 Å². The molecule has 0 saturated heterocycles. The Morgan fingerprint density at radius 2 is 2.00 bits per heavy atom.